The number of likely N-dealkylation sites (tertiary alicyclic amines) is 1. The first-order valence-electron chi connectivity index (χ1n) is 10.8. The quantitative estimate of drug-likeness (QED) is 0.605. The molecular formula is C23H27N3O5S2. The Morgan fingerprint density at radius 3 is 2.67 bits per heavy atom. The van der Waals surface area contributed by atoms with Crippen LogP contribution in [0.5, 0.6) is 5.75 Å². The van der Waals surface area contributed by atoms with Crippen LogP contribution in [0.2, 0.25) is 0 Å². The molecule has 33 heavy (non-hydrogen) atoms. The van der Waals surface area contributed by atoms with Gasteiger partial charge in [-0.25, -0.2) is 13.1 Å². The topological polar surface area (TPSA) is 105 Å². The molecule has 0 radical (unpaired) electrons. The summed E-state index contributed by atoms with van der Waals surface area (Å²) in [5, 5.41) is 1.86. The van der Waals surface area contributed by atoms with Crippen molar-refractivity contribution < 1.29 is 22.7 Å². The number of ether oxygens (including phenoxy) is 1. The standard InChI is InChI=1S/C23H27N3O5S2/c1-15-9-11-26(12-10-15)23(28)21-22(27)25-18-13-17(7-8-20(18)32-21)33(29,30)24-14-16-5-3-4-6-19(16)31-2/h3-8,13,15,21,24H,9-12,14H2,1-2H3,(H,25,27)/t21-/m1/s1. The molecule has 0 aliphatic carbocycles. The Balaban J connectivity index is 1.47. The average Bonchev–Trinajstić information content (AvgIpc) is 2.82. The maximum absolute atomic E-state index is 12.9. The van der Waals surface area contributed by atoms with Crippen LogP contribution in [0.1, 0.15) is 25.3 Å². The van der Waals surface area contributed by atoms with Crippen LogP contribution in [-0.4, -0.2) is 50.6 Å². The first-order chi connectivity index (χ1) is 15.8. The summed E-state index contributed by atoms with van der Waals surface area (Å²) in [6.07, 6.45) is 1.87. The van der Waals surface area contributed by atoms with Crippen molar-refractivity contribution in [3.8, 4) is 5.75 Å². The molecular weight excluding hydrogens is 462 g/mol. The van der Waals surface area contributed by atoms with Gasteiger partial charge in [-0.15, -0.1) is 11.8 Å². The van der Waals surface area contributed by atoms with Crippen LogP contribution in [0.25, 0.3) is 0 Å². The number of carbonyl (C=O) groups is 2. The molecule has 0 aromatic heterocycles. The molecule has 2 aliphatic rings. The summed E-state index contributed by atoms with van der Waals surface area (Å²) in [6.45, 7) is 3.55. The van der Waals surface area contributed by atoms with E-state index in [9.17, 15) is 18.0 Å². The molecule has 1 fully saturated rings. The Morgan fingerprint density at radius 2 is 1.94 bits per heavy atom. The number of sulfonamides is 1. The summed E-state index contributed by atoms with van der Waals surface area (Å²) in [7, 11) is -2.30. The molecule has 1 saturated heterocycles. The highest BCUT2D eigenvalue weighted by molar-refractivity contribution is 8.01. The van der Waals surface area contributed by atoms with Gasteiger partial charge in [-0.3, -0.25) is 9.59 Å². The second-order valence-corrected chi connectivity index (χ2v) is 11.2. The van der Waals surface area contributed by atoms with Gasteiger partial charge >= 0.3 is 0 Å². The minimum Gasteiger partial charge on any atom is -0.496 e. The van der Waals surface area contributed by atoms with Crippen molar-refractivity contribution in [2.75, 3.05) is 25.5 Å². The molecule has 0 spiro atoms. The number of rotatable bonds is 6. The number of nitrogens with zero attached hydrogens (tertiary/aromatic N) is 1. The summed E-state index contributed by atoms with van der Waals surface area (Å²) in [5.74, 6) is 0.561. The van der Waals surface area contributed by atoms with Crippen LogP contribution in [0.4, 0.5) is 5.69 Å². The number of benzene rings is 2. The second-order valence-electron chi connectivity index (χ2n) is 8.29. The molecule has 0 bridgehead atoms. The number of hydrogen-bond acceptors (Lipinski definition) is 6. The minimum atomic E-state index is -3.83. The Hall–Kier alpha value is -2.56. The Kier molecular flexibility index (Phi) is 6.96. The molecule has 2 aliphatic heterocycles. The lowest BCUT2D eigenvalue weighted by molar-refractivity contribution is -0.135. The van der Waals surface area contributed by atoms with E-state index in [0.717, 1.165) is 12.8 Å². The summed E-state index contributed by atoms with van der Waals surface area (Å²) in [5.41, 5.74) is 1.10. The average molecular weight is 490 g/mol. The Bertz CT molecular complexity index is 1160. The molecule has 2 heterocycles. The SMILES string of the molecule is COc1ccccc1CNS(=O)(=O)c1ccc2c(c1)NC(=O)[C@H](C(=O)N1CCC(C)CC1)S2. The van der Waals surface area contributed by atoms with Gasteiger partial charge in [0.2, 0.25) is 21.8 Å². The summed E-state index contributed by atoms with van der Waals surface area (Å²) >= 11 is 1.17. The number of amides is 2. The largest absolute Gasteiger partial charge is 0.496 e. The van der Waals surface area contributed by atoms with E-state index in [-0.39, 0.29) is 17.3 Å². The van der Waals surface area contributed by atoms with E-state index < -0.39 is 21.2 Å². The fourth-order valence-electron chi connectivity index (χ4n) is 3.92. The van der Waals surface area contributed by atoms with E-state index in [0.29, 0.717) is 40.9 Å². The molecule has 1 atom stereocenters. The smallest absolute Gasteiger partial charge is 0.247 e. The highest BCUT2D eigenvalue weighted by Gasteiger charge is 2.37. The van der Waals surface area contributed by atoms with Crippen molar-refractivity contribution in [1.29, 1.82) is 0 Å². The maximum Gasteiger partial charge on any atom is 0.247 e. The summed E-state index contributed by atoms with van der Waals surface area (Å²) in [4.78, 5) is 28.1. The van der Waals surface area contributed by atoms with Crippen LogP contribution in [0, 0.1) is 5.92 Å². The molecule has 4 rings (SSSR count). The number of thioether (sulfide) groups is 1. The molecule has 2 aromatic rings. The highest BCUT2D eigenvalue weighted by Crippen LogP contribution is 2.38. The van der Waals surface area contributed by atoms with Crippen LogP contribution in [0.3, 0.4) is 0 Å². The van der Waals surface area contributed by atoms with Gasteiger partial charge in [0.15, 0.2) is 5.25 Å². The normalized spacial score (nSPS) is 19.0. The fraction of sp³-hybridized carbons (Fsp3) is 0.391. The third-order valence-corrected chi connectivity index (χ3v) is 8.63. The molecule has 2 amide bonds. The van der Waals surface area contributed by atoms with Gasteiger partial charge in [-0.2, -0.15) is 0 Å². The van der Waals surface area contributed by atoms with Gasteiger partial charge in [0.25, 0.3) is 0 Å². The van der Waals surface area contributed by atoms with Gasteiger partial charge in [0, 0.05) is 30.1 Å². The van der Waals surface area contributed by atoms with Gasteiger partial charge < -0.3 is 15.0 Å². The van der Waals surface area contributed by atoms with Crippen molar-refractivity contribution in [2.45, 2.75) is 41.4 Å². The summed E-state index contributed by atoms with van der Waals surface area (Å²) < 4.78 is 33.5. The van der Waals surface area contributed by atoms with E-state index in [2.05, 4.69) is 17.0 Å². The van der Waals surface area contributed by atoms with Crippen LogP contribution in [-0.2, 0) is 26.2 Å². The van der Waals surface area contributed by atoms with Crippen LogP contribution in [0.15, 0.2) is 52.3 Å². The number of nitrogens with one attached hydrogen (secondary N) is 2. The van der Waals surface area contributed by atoms with Crippen LogP contribution < -0.4 is 14.8 Å². The third-order valence-electron chi connectivity index (χ3n) is 5.97. The Morgan fingerprint density at radius 1 is 1.21 bits per heavy atom. The van der Waals surface area contributed by atoms with Crippen molar-refractivity contribution in [1.82, 2.24) is 9.62 Å². The number of hydrogen-bond donors (Lipinski definition) is 2. The zero-order valence-corrected chi connectivity index (χ0v) is 20.2. The van der Waals surface area contributed by atoms with E-state index in [1.165, 1.54) is 31.0 Å². The fourth-order valence-corrected chi connectivity index (χ4v) is 6.00. The number of methoxy groups -OCH3 is 1. The first kappa shape index (κ1) is 23.6. The molecule has 176 valence electrons. The predicted octanol–water partition coefficient (Wildman–Crippen LogP) is 2.85. The Labute approximate surface area is 198 Å². The van der Waals surface area contributed by atoms with Crippen molar-refractivity contribution in [3.63, 3.8) is 0 Å². The molecule has 2 aromatic carbocycles. The maximum atomic E-state index is 12.9. The van der Waals surface area contributed by atoms with Crippen molar-refractivity contribution in [2.24, 2.45) is 5.92 Å². The van der Waals surface area contributed by atoms with Crippen LogP contribution >= 0.6 is 11.8 Å². The zero-order chi connectivity index (χ0) is 23.6. The number of carbonyl (C=O) groups excluding carboxylic acids is 2. The lowest BCUT2D eigenvalue weighted by Gasteiger charge is -2.33. The highest BCUT2D eigenvalue weighted by atomic mass is 32.2. The molecule has 8 nitrogen and oxygen atoms in total. The predicted molar refractivity (Wildman–Crippen MR) is 127 cm³/mol. The molecule has 0 saturated carbocycles. The lowest BCUT2D eigenvalue weighted by atomic mass is 9.99. The van der Waals surface area contributed by atoms with E-state index >= 15 is 0 Å². The van der Waals surface area contributed by atoms with Crippen molar-refractivity contribution >= 4 is 39.3 Å². The van der Waals surface area contributed by atoms with Gasteiger partial charge in [0.05, 0.1) is 17.7 Å². The number of anilines is 1. The molecule has 10 heteroatoms. The minimum absolute atomic E-state index is 0.0341. The lowest BCUT2D eigenvalue weighted by Crippen LogP contribution is -2.47. The van der Waals surface area contributed by atoms with E-state index in [1.54, 1.807) is 29.2 Å². The van der Waals surface area contributed by atoms with Crippen molar-refractivity contribution in [3.05, 3.63) is 48.0 Å². The second kappa shape index (κ2) is 9.74. The summed E-state index contributed by atoms with van der Waals surface area (Å²) in [6, 6.07) is 11.7. The first-order valence-corrected chi connectivity index (χ1v) is 13.2. The number of fused-ring (bicyclic) bond motifs is 1. The van der Waals surface area contributed by atoms with Gasteiger partial charge in [0.1, 0.15) is 5.75 Å². The number of piperidine rings is 1. The van der Waals surface area contributed by atoms with Gasteiger partial charge in [-0.1, -0.05) is 25.1 Å². The van der Waals surface area contributed by atoms with E-state index in [1.807, 2.05) is 6.07 Å². The number of para-hydroxylation sites is 1. The third kappa shape index (κ3) is 5.18. The van der Waals surface area contributed by atoms with Gasteiger partial charge in [-0.05, 0) is 43.0 Å². The molecule has 0 unspecified atom stereocenters. The zero-order valence-electron chi connectivity index (χ0n) is 18.5. The molecule has 2 N–H and O–H groups in total. The monoisotopic (exact) mass is 489 g/mol. The van der Waals surface area contributed by atoms with E-state index in [4.69, 9.17) is 4.74 Å².